The Morgan fingerprint density at radius 1 is 1.12 bits per heavy atom. The van der Waals surface area contributed by atoms with Crippen LogP contribution in [0.2, 0.25) is 0 Å². The van der Waals surface area contributed by atoms with E-state index in [0.29, 0.717) is 49.4 Å². The van der Waals surface area contributed by atoms with E-state index in [4.69, 9.17) is 0 Å². The zero-order valence-corrected chi connectivity index (χ0v) is 21.8. The largest absolute Gasteiger partial charge is 0.396 e. The molecule has 0 radical (unpaired) electrons. The highest BCUT2D eigenvalue weighted by atomic mass is 16.3. The summed E-state index contributed by atoms with van der Waals surface area (Å²) in [7, 11) is 0. The molecule has 33 heavy (non-hydrogen) atoms. The van der Waals surface area contributed by atoms with Gasteiger partial charge in [0.1, 0.15) is 0 Å². The van der Waals surface area contributed by atoms with Crippen LogP contribution in [0.5, 0.6) is 0 Å². The molecule has 2 saturated carbocycles. The smallest absolute Gasteiger partial charge is 0.165 e. The molecule has 0 aromatic carbocycles. The van der Waals surface area contributed by atoms with Crippen molar-refractivity contribution in [3.8, 4) is 0 Å². The Morgan fingerprint density at radius 2 is 1.82 bits per heavy atom. The fourth-order valence-corrected chi connectivity index (χ4v) is 7.62. The van der Waals surface area contributed by atoms with Crippen molar-refractivity contribution in [2.24, 2.45) is 46.3 Å². The van der Waals surface area contributed by atoms with Crippen LogP contribution >= 0.6 is 0 Å². The molecular formula is C29H48O4. The van der Waals surface area contributed by atoms with Crippen molar-refractivity contribution >= 4 is 5.78 Å². The number of rotatable bonds is 8. The number of carbonyl (C=O) groups excluding carboxylic acids is 1. The normalized spacial score (nSPS) is 41.3. The fraction of sp³-hybridized carbons (Fsp3) is 0.828. The predicted molar refractivity (Wildman–Crippen MR) is 133 cm³/mol. The third-order valence-electron chi connectivity index (χ3n) is 9.94. The highest BCUT2D eigenvalue weighted by molar-refractivity contribution is 6.01. The number of aliphatic hydroxyl groups excluding tert-OH is 3. The molecule has 4 heteroatoms. The molecule has 0 aliphatic heterocycles. The Balaban J connectivity index is 1.90. The number of aliphatic hydroxyl groups is 3. The van der Waals surface area contributed by atoms with Crippen LogP contribution in [0.25, 0.3) is 0 Å². The van der Waals surface area contributed by atoms with Crippen molar-refractivity contribution < 1.29 is 20.1 Å². The Morgan fingerprint density at radius 3 is 2.42 bits per heavy atom. The third kappa shape index (κ3) is 4.90. The number of allylic oxidation sites excluding steroid dienone is 3. The molecule has 4 nitrogen and oxygen atoms in total. The standard InChI is InChI=1S/C29H48O4/c1-7-20(18(2)3)9-8-19(4)23-10-11-24(28(23,5)14-15-30)22-17-26(32)25-16-21(31)12-13-29(25,6)27(22)33/h8-9,17-21,23-26,30-32H,7,10-16H2,1-6H3. The molecule has 9 atom stereocenters. The molecule has 2 fully saturated rings. The van der Waals surface area contributed by atoms with Gasteiger partial charge in [-0.15, -0.1) is 0 Å². The van der Waals surface area contributed by atoms with Gasteiger partial charge in [0.05, 0.1) is 12.2 Å². The second kappa shape index (κ2) is 10.3. The van der Waals surface area contributed by atoms with Gasteiger partial charge in [0.15, 0.2) is 5.78 Å². The van der Waals surface area contributed by atoms with E-state index in [1.54, 1.807) is 0 Å². The number of fused-ring (bicyclic) bond motifs is 1. The van der Waals surface area contributed by atoms with E-state index in [1.807, 2.05) is 13.0 Å². The van der Waals surface area contributed by atoms with Crippen LogP contribution in [0.15, 0.2) is 23.8 Å². The molecule has 0 saturated heterocycles. The molecule has 3 N–H and O–H groups in total. The van der Waals surface area contributed by atoms with Crippen molar-refractivity contribution in [3.05, 3.63) is 23.8 Å². The van der Waals surface area contributed by atoms with Crippen molar-refractivity contribution in [2.75, 3.05) is 6.61 Å². The van der Waals surface area contributed by atoms with Gasteiger partial charge in [-0.1, -0.05) is 53.7 Å². The van der Waals surface area contributed by atoms with Crippen LogP contribution in [0.4, 0.5) is 0 Å². The van der Waals surface area contributed by atoms with Gasteiger partial charge in [-0.3, -0.25) is 4.79 Å². The molecule has 0 aromatic heterocycles. The Kier molecular flexibility index (Phi) is 8.34. The monoisotopic (exact) mass is 460 g/mol. The lowest BCUT2D eigenvalue weighted by Gasteiger charge is -2.49. The van der Waals surface area contributed by atoms with Gasteiger partial charge in [-0.25, -0.2) is 0 Å². The first-order valence-corrected chi connectivity index (χ1v) is 13.4. The zero-order valence-electron chi connectivity index (χ0n) is 21.8. The van der Waals surface area contributed by atoms with Gasteiger partial charge in [-0.2, -0.15) is 0 Å². The third-order valence-corrected chi connectivity index (χ3v) is 9.94. The minimum Gasteiger partial charge on any atom is -0.396 e. The molecule has 0 amide bonds. The van der Waals surface area contributed by atoms with Gasteiger partial charge in [-0.05, 0) is 91.6 Å². The molecule has 188 valence electrons. The van der Waals surface area contributed by atoms with E-state index in [2.05, 4.69) is 46.8 Å². The van der Waals surface area contributed by atoms with E-state index in [1.165, 1.54) is 0 Å². The molecular weight excluding hydrogens is 412 g/mol. The highest BCUT2D eigenvalue weighted by Gasteiger charge is 2.56. The SMILES string of the molecule is CCC(C=CC(C)C1CCC(C2=CC(O)C3CC(O)CCC3(C)C2=O)C1(C)CCO)C(C)C. The fourth-order valence-electron chi connectivity index (χ4n) is 7.62. The number of Topliss-reactive ketones (excluding diaryl/α,β-unsaturated/α-hetero) is 1. The molecule has 9 unspecified atom stereocenters. The summed E-state index contributed by atoms with van der Waals surface area (Å²) < 4.78 is 0. The summed E-state index contributed by atoms with van der Waals surface area (Å²) in [4.78, 5) is 13.9. The quantitative estimate of drug-likeness (QED) is 0.429. The Labute approximate surface area is 201 Å². The molecule has 0 spiro atoms. The van der Waals surface area contributed by atoms with E-state index < -0.39 is 17.6 Å². The Hall–Kier alpha value is -0.970. The maximum atomic E-state index is 13.9. The molecule has 0 bridgehead atoms. The maximum absolute atomic E-state index is 13.9. The molecule has 3 aliphatic carbocycles. The molecule has 3 aliphatic rings. The van der Waals surface area contributed by atoms with Gasteiger partial charge in [0.2, 0.25) is 0 Å². The van der Waals surface area contributed by atoms with Gasteiger partial charge in [0, 0.05) is 17.9 Å². The van der Waals surface area contributed by atoms with Crippen LogP contribution < -0.4 is 0 Å². The van der Waals surface area contributed by atoms with Crippen LogP contribution in [-0.2, 0) is 4.79 Å². The zero-order chi connectivity index (χ0) is 24.6. The van der Waals surface area contributed by atoms with E-state index in [-0.39, 0.29) is 29.6 Å². The topological polar surface area (TPSA) is 77.8 Å². The van der Waals surface area contributed by atoms with Crippen LogP contribution in [0.1, 0.15) is 86.5 Å². The predicted octanol–water partition coefficient (Wildman–Crippen LogP) is 5.31. The second-order valence-corrected chi connectivity index (χ2v) is 12.2. The number of carbonyl (C=O) groups is 1. The average Bonchev–Trinajstić information content (AvgIpc) is 3.09. The van der Waals surface area contributed by atoms with Crippen molar-refractivity contribution in [1.29, 1.82) is 0 Å². The summed E-state index contributed by atoms with van der Waals surface area (Å²) in [6.07, 6.45) is 11.0. The van der Waals surface area contributed by atoms with Crippen LogP contribution in [-0.4, -0.2) is 39.9 Å². The average molecular weight is 461 g/mol. The number of hydrogen-bond acceptors (Lipinski definition) is 4. The number of ketones is 1. The lowest BCUT2D eigenvalue weighted by atomic mass is 9.55. The van der Waals surface area contributed by atoms with E-state index >= 15 is 0 Å². The van der Waals surface area contributed by atoms with E-state index in [0.717, 1.165) is 24.8 Å². The lowest BCUT2D eigenvalue weighted by molar-refractivity contribution is -0.138. The van der Waals surface area contributed by atoms with Gasteiger partial charge < -0.3 is 15.3 Å². The molecule has 0 heterocycles. The first kappa shape index (κ1) is 26.6. The highest BCUT2D eigenvalue weighted by Crippen LogP contribution is 2.59. The number of hydrogen-bond donors (Lipinski definition) is 3. The summed E-state index contributed by atoms with van der Waals surface area (Å²) in [6.45, 7) is 13.4. The van der Waals surface area contributed by atoms with Crippen molar-refractivity contribution in [3.63, 3.8) is 0 Å². The maximum Gasteiger partial charge on any atom is 0.165 e. The van der Waals surface area contributed by atoms with Crippen LogP contribution in [0, 0.1) is 46.3 Å². The summed E-state index contributed by atoms with van der Waals surface area (Å²) in [6, 6.07) is 0. The van der Waals surface area contributed by atoms with Gasteiger partial charge in [0.25, 0.3) is 0 Å². The van der Waals surface area contributed by atoms with Crippen molar-refractivity contribution in [2.45, 2.75) is 98.7 Å². The van der Waals surface area contributed by atoms with Gasteiger partial charge >= 0.3 is 0 Å². The first-order valence-electron chi connectivity index (χ1n) is 13.4. The summed E-state index contributed by atoms with van der Waals surface area (Å²) in [5.74, 6) is 1.98. The summed E-state index contributed by atoms with van der Waals surface area (Å²) in [5, 5.41) is 31.2. The molecule has 3 rings (SSSR count). The second-order valence-electron chi connectivity index (χ2n) is 12.2. The first-order chi connectivity index (χ1) is 15.5. The minimum atomic E-state index is -0.691. The lowest BCUT2D eigenvalue weighted by Crippen LogP contribution is -2.52. The minimum absolute atomic E-state index is 0.0596. The molecule has 0 aromatic rings. The summed E-state index contributed by atoms with van der Waals surface area (Å²) in [5.41, 5.74) is 0.00946. The summed E-state index contributed by atoms with van der Waals surface area (Å²) >= 11 is 0. The van der Waals surface area contributed by atoms with E-state index in [9.17, 15) is 20.1 Å². The Bertz CT molecular complexity index is 755. The van der Waals surface area contributed by atoms with Crippen molar-refractivity contribution in [1.82, 2.24) is 0 Å². The van der Waals surface area contributed by atoms with Crippen LogP contribution in [0.3, 0.4) is 0 Å².